The molecular formula is C22H28F2N2O4. The van der Waals surface area contributed by atoms with E-state index in [9.17, 15) is 23.2 Å². The highest BCUT2D eigenvalue weighted by Crippen LogP contribution is 2.65. The lowest BCUT2D eigenvalue weighted by Gasteiger charge is -2.32. The van der Waals surface area contributed by atoms with Gasteiger partial charge >= 0.3 is 6.09 Å². The van der Waals surface area contributed by atoms with Gasteiger partial charge in [0.25, 0.3) is 5.91 Å². The van der Waals surface area contributed by atoms with Crippen molar-refractivity contribution >= 4 is 23.5 Å². The number of amides is 2. The van der Waals surface area contributed by atoms with Crippen LogP contribution in [0.3, 0.4) is 0 Å². The zero-order chi connectivity index (χ0) is 22.6. The van der Waals surface area contributed by atoms with Crippen molar-refractivity contribution in [2.24, 2.45) is 22.7 Å². The van der Waals surface area contributed by atoms with E-state index in [2.05, 4.69) is 5.43 Å². The van der Waals surface area contributed by atoms with Crippen molar-refractivity contribution in [2.75, 3.05) is 5.01 Å². The first-order valence-electron chi connectivity index (χ1n) is 10.0. The van der Waals surface area contributed by atoms with Crippen molar-refractivity contribution < 1.29 is 27.9 Å². The molecule has 0 aliphatic heterocycles. The number of hydrogen-bond donors (Lipinski definition) is 1. The fourth-order valence-electron chi connectivity index (χ4n) is 4.80. The van der Waals surface area contributed by atoms with Gasteiger partial charge in [-0.15, -0.1) is 0 Å². The van der Waals surface area contributed by atoms with Crippen molar-refractivity contribution in [1.82, 2.24) is 5.43 Å². The maximum Gasteiger partial charge on any atom is 0.427 e. The highest BCUT2D eigenvalue weighted by Gasteiger charge is 2.68. The Kier molecular flexibility index (Phi) is 5.20. The number of carbonyl (C=O) groups is 3. The lowest BCUT2D eigenvalue weighted by molar-refractivity contribution is -0.138. The first-order valence-corrected chi connectivity index (χ1v) is 10.0. The molecular weight excluding hydrogens is 394 g/mol. The Morgan fingerprint density at radius 2 is 1.83 bits per heavy atom. The molecule has 0 radical (unpaired) electrons. The third-order valence-electron chi connectivity index (χ3n) is 6.77. The van der Waals surface area contributed by atoms with Gasteiger partial charge in [-0.3, -0.25) is 9.59 Å². The molecule has 0 spiro atoms. The Hall–Kier alpha value is -2.51. The number of carbonyl (C=O) groups excluding carboxylic acids is 3. The van der Waals surface area contributed by atoms with Gasteiger partial charge in [-0.1, -0.05) is 20.8 Å². The van der Waals surface area contributed by atoms with Crippen LogP contribution in [0.25, 0.3) is 0 Å². The molecule has 1 N–H and O–H groups in total. The molecule has 2 fully saturated rings. The van der Waals surface area contributed by atoms with Gasteiger partial charge in [0.1, 0.15) is 23.0 Å². The molecule has 30 heavy (non-hydrogen) atoms. The maximum absolute atomic E-state index is 14.5. The molecule has 1 aromatic carbocycles. The number of halogens is 2. The predicted octanol–water partition coefficient (Wildman–Crippen LogP) is 4.38. The molecule has 6 nitrogen and oxygen atoms in total. The van der Waals surface area contributed by atoms with E-state index in [1.165, 1.54) is 0 Å². The van der Waals surface area contributed by atoms with Crippen molar-refractivity contribution in [3.63, 3.8) is 0 Å². The third kappa shape index (κ3) is 3.46. The molecule has 2 saturated carbocycles. The van der Waals surface area contributed by atoms with Gasteiger partial charge in [-0.05, 0) is 57.1 Å². The van der Waals surface area contributed by atoms with Crippen molar-refractivity contribution in [2.45, 2.75) is 60.0 Å². The zero-order valence-electron chi connectivity index (χ0n) is 18.1. The molecule has 164 valence electrons. The van der Waals surface area contributed by atoms with Gasteiger partial charge in [0.15, 0.2) is 11.6 Å². The van der Waals surface area contributed by atoms with Crippen LogP contribution in [0, 0.1) is 34.3 Å². The highest BCUT2D eigenvalue weighted by molar-refractivity contribution is 6.13. The molecule has 3 atom stereocenters. The molecule has 1 aromatic rings. The van der Waals surface area contributed by atoms with Crippen LogP contribution in [0.15, 0.2) is 18.2 Å². The van der Waals surface area contributed by atoms with E-state index in [4.69, 9.17) is 4.74 Å². The number of Topliss-reactive ketones (excluding diaryl/α,β-unsaturated/α-hetero) is 1. The summed E-state index contributed by atoms with van der Waals surface area (Å²) in [6.07, 6.45) is 0.371. The summed E-state index contributed by atoms with van der Waals surface area (Å²) < 4.78 is 33.2. The lowest BCUT2D eigenvalue weighted by atomic mass is 9.70. The molecule has 2 amide bonds. The number of nitrogens with zero attached hydrogens (tertiary/aromatic N) is 1. The van der Waals surface area contributed by atoms with Crippen LogP contribution in [0.5, 0.6) is 0 Å². The minimum atomic E-state index is -1.04. The maximum atomic E-state index is 14.5. The number of hydrazine groups is 1. The Balaban J connectivity index is 1.99. The second-order valence-electron chi connectivity index (χ2n) is 9.92. The number of ketones is 1. The molecule has 1 unspecified atom stereocenters. The van der Waals surface area contributed by atoms with Gasteiger partial charge in [0.05, 0.1) is 0 Å². The normalized spacial score (nSPS) is 27.1. The summed E-state index contributed by atoms with van der Waals surface area (Å²) in [6.45, 7) is 10.7. The Bertz CT molecular complexity index is 909. The van der Waals surface area contributed by atoms with Gasteiger partial charge < -0.3 is 4.74 Å². The number of fused-ring (bicyclic) bond motifs is 2. The van der Waals surface area contributed by atoms with Gasteiger partial charge in [-0.25, -0.2) is 24.0 Å². The molecule has 2 bridgehead atoms. The van der Waals surface area contributed by atoms with Gasteiger partial charge in [-0.2, -0.15) is 0 Å². The zero-order valence-corrected chi connectivity index (χ0v) is 18.1. The van der Waals surface area contributed by atoms with Crippen LogP contribution in [0.1, 0.15) is 54.4 Å². The minimum Gasteiger partial charge on any atom is -0.443 e. The summed E-state index contributed by atoms with van der Waals surface area (Å²) in [6, 6.07) is 2.63. The number of rotatable bonds is 2. The van der Waals surface area contributed by atoms with E-state index < -0.39 is 46.0 Å². The fraction of sp³-hybridized carbons (Fsp3) is 0.591. The second-order valence-corrected chi connectivity index (χ2v) is 9.92. The second kappa shape index (κ2) is 7.03. The molecule has 2 aliphatic carbocycles. The highest BCUT2D eigenvalue weighted by atomic mass is 19.1. The average molecular weight is 422 g/mol. The van der Waals surface area contributed by atoms with Crippen LogP contribution in [0.2, 0.25) is 0 Å². The summed E-state index contributed by atoms with van der Waals surface area (Å²) in [7, 11) is 0. The summed E-state index contributed by atoms with van der Waals surface area (Å²) in [5.41, 5.74) is -0.0474. The van der Waals surface area contributed by atoms with E-state index in [-0.39, 0.29) is 17.4 Å². The smallest absolute Gasteiger partial charge is 0.427 e. The van der Waals surface area contributed by atoms with Gasteiger partial charge in [0, 0.05) is 11.5 Å². The summed E-state index contributed by atoms with van der Waals surface area (Å²) in [5, 5.41) is 0.686. The van der Waals surface area contributed by atoms with Crippen LogP contribution in [-0.4, -0.2) is 23.4 Å². The van der Waals surface area contributed by atoms with E-state index in [0.29, 0.717) is 23.9 Å². The SMILES string of the molecule is CC(C)(C)OC(=O)NN(C(=O)C1C(=O)[C@@]2(C)CC[C@@H]1C2(C)C)c1ccc(F)cc1F. The van der Waals surface area contributed by atoms with Crippen LogP contribution >= 0.6 is 0 Å². The Labute approximate surface area is 174 Å². The number of anilines is 1. The quantitative estimate of drug-likeness (QED) is 0.567. The van der Waals surface area contributed by atoms with E-state index >= 15 is 0 Å². The number of nitrogens with one attached hydrogen (secondary N) is 1. The largest absolute Gasteiger partial charge is 0.443 e. The monoisotopic (exact) mass is 422 g/mol. The van der Waals surface area contributed by atoms with E-state index in [1.54, 1.807) is 20.8 Å². The Morgan fingerprint density at radius 3 is 2.33 bits per heavy atom. The first kappa shape index (κ1) is 22.2. The van der Waals surface area contributed by atoms with Crippen LogP contribution in [0.4, 0.5) is 19.3 Å². The van der Waals surface area contributed by atoms with Crippen LogP contribution < -0.4 is 10.4 Å². The average Bonchev–Trinajstić information content (AvgIpc) is 2.90. The minimum absolute atomic E-state index is 0.216. The number of ether oxygens (including phenoxy) is 1. The standard InChI is InChI=1S/C22H28F2N2O4/c1-20(2,3)30-19(29)25-26(15-8-7-12(23)11-14(15)24)18(28)16-13-9-10-22(6,17(16)27)21(13,4)5/h7-8,11,13,16H,9-10H2,1-6H3,(H,25,29)/t13-,16?,22+/m0/s1. The van der Waals surface area contributed by atoms with E-state index in [0.717, 1.165) is 12.1 Å². The predicted molar refractivity (Wildman–Crippen MR) is 106 cm³/mol. The fourth-order valence-corrected chi connectivity index (χ4v) is 4.80. The molecule has 2 aliphatic rings. The summed E-state index contributed by atoms with van der Waals surface area (Å²) in [4.78, 5) is 39.0. The number of hydrogen-bond acceptors (Lipinski definition) is 4. The first-order chi connectivity index (χ1) is 13.7. The summed E-state index contributed by atoms with van der Waals surface area (Å²) in [5.74, 6) is -4.11. The number of benzene rings is 1. The van der Waals surface area contributed by atoms with Gasteiger partial charge in [0.2, 0.25) is 0 Å². The van der Waals surface area contributed by atoms with Crippen molar-refractivity contribution in [3.8, 4) is 0 Å². The topological polar surface area (TPSA) is 75.7 Å². The molecule has 0 saturated heterocycles. The van der Waals surface area contributed by atoms with Crippen molar-refractivity contribution in [1.29, 1.82) is 0 Å². The summed E-state index contributed by atoms with van der Waals surface area (Å²) >= 11 is 0. The third-order valence-corrected chi connectivity index (χ3v) is 6.77. The lowest BCUT2D eigenvalue weighted by Crippen LogP contribution is -2.53. The van der Waals surface area contributed by atoms with Crippen LogP contribution in [-0.2, 0) is 14.3 Å². The molecule has 3 rings (SSSR count). The van der Waals surface area contributed by atoms with E-state index in [1.807, 2.05) is 20.8 Å². The van der Waals surface area contributed by atoms with Crippen molar-refractivity contribution in [3.05, 3.63) is 29.8 Å². The molecule has 8 heteroatoms. The molecule has 0 heterocycles. The molecule has 0 aromatic heterocycles. The Morgan fingerprint density at radius 1 is 1.20 bits per heavy atom.